The molecule has 0 radical (unpaired) electrons. The van der Waals surface area contributed by atoms with Crippen LogP contribution in [0.2, 0.25) is 0 Å². The number of hydrogen-bond donors (Lipinski definition) is 1. The van der Waals surface area contributed by atoms with Crippen molar-refractivity contribution in [1.29, 1.82) is 0 Å². The molecule has 3 nitrogen and oxygen atoms in total. The summed E-state index contributed by atoms with van der Waals surface area (Å²) in [5, 5.41) is 3.72. The molecular weight excluding hydrogens is 238 g/mol. The highest BCUT2D eigenvalue weighted by Gasteiger charge is 2.52. The monoisotopic (exact) mass is 267 g/mol. The van der Waals surface area contributed by atoms with E-state index in [1.165, 1.54) is 45.6 Å². The first kappa shape index (κ1) is 14.8. The summed E-state index contributed by atoms with van der Waals surface area (Å²) < 4.78 is 5.16. The average Bonchev–Trinajstić information content (AvgIpc) is 3.12. The van der Waals surface area contributed by atoms with Crippen LogP contribution in [0.25, 0.3) is 0 Å². The molecule has 19 heavy (non-hydrogen) atoms. The van der Waals surface area contributed by atoms with E-state index in [4.69, 9.17) is 4.74 Å². The van der Waals surface area contributed by atoms with Gasteiger partial charge in [-0.1, -0.05) is 26.7 Å². The minimum absolute atomic E-state index is 0.0254. The summed E-state index contributed by atoms with van der Waals surface area (Å²) in [6.07, 6.45) is 9.39. The van der Waals surface area contributed by atoms with E-state index in [1.807, 2.05) is 0 Å². The van der Waals surface area contributed by atoms with Crippen molar-refractivity contribution in [2.24, 2.45) is 11.8 Å². The maximum absolute atomic E-state index is 12.4. The molecule has 2 saturated carbocycles. The number of hydrogen-bond acceptors (Lipinski definition) is 3. The number of carbonyl (C=O) groups excluding carboxylic acids is 1. The number of ether oxygens (including phenoxy) is 1. The van der Waals surface area contributed by atoms with Gasteiger partial charge in [0.2, 0.25) is 0 Å². The van der Waals surface area contributed by atoms with Gasteiger partial charge in [0, 0.05) is 6.04 Å². The first-order valence-corrected chi connectivity index (χ1v) is 7.94. The molecule has 2 rings (SSSR count). The summed E-state index contributed by atoms with van der Waals surface area (Å²) >= 11 is 0. The smallest absolute Gasteiger partial charge is 0.326 e. The maximum atomic E-state index is 12.4. The lowest BCUT2D eigenvalue weighted by molar-refractivity contribution is -0.150. The van der Waals surface area contributed by atoms with E-state index in [2.05, 4.69) is 19.2 Å². The average molecular weight is 267 g/mol. The Morgan fingerprint density at radius 1 is 1.26 bits per heavy atom. The van der Waals surface area contributed by atoms with Crippen molar-refractivity contribution in [1.82, 2.24) is 5.32 Å². The van der Waals surface area contributed by atoms with Gasteiger partial charge >= 0.3 is 5.97 Å². The molecule has 1 N–H and O–H groups in total. The van der Waals surface area contributed by atoms with Gasteiger partial charge in [0.1, 0.15) is 5.54 Å². The van der Waals surface area contributed by atoms with E-state index >= 15 is 0 Å². The van der Waals surface area contributed by atoms with Crippen LogP contribution in [0.4, 0.5) is 0 Å². The van der Waals surface area contributed by atoms with Crippen LogP contribution in [0, 0.1) is 11.8 Å². The number of methoxy groups -OCH3 is 1. The summed E-state index contributed by atoms with van der Waals surface area (Å²) in [6.45, 7) is 4.45. The molecule has 110 valence electrons. The molecule has 0 amide bonds. The van der Waals surface area contributed by atoms with Crippen LogP contribution >= 0.6 is 0 Å². The van der Waals surface area contributed by atoms with Crippen LogP contribution in [0.5, 0.6) is 0 Å². The van der Waals surface area contributed by atoms with Gasteiger partial charge in [0.05, 0.1) is 7.11 Å². The molecule has 0 aromatic carbocycles. The highest BCUT2D eigenvalue weighted by molar-refractivity contribution is 5.81. The largest absolute Gasteiger partial charge is 0.468 e. The number of nitrogens with one attached hydrogen (secondary N) is 1. The Morgan fingerprint density at radius 2 is 1.89 bits per heavy atom. The van der Waals surface area contributed by atoms with E-state index < -0.39 is 5.54 Å². The standard InChI is InChI=1S/C16H29NO2/c1-12(2)10-11-16(13-8-9-13,15(18)19-3)17-14-6-4-5-7-14/h12-14,17H,4-11H2,1-3H3. The first-order chi connectivity index (χ1) is 9.08. The fraction of sp³-hybridized carbons (Fsp3) is 0.938. The minimum Gasteiger partial charge on any atom is -0.468 e. The zero-order valence-corrected chi connectivity index (χ0v) is 12.7. The number of rotatable bonds is 7. The van der Waals surface area contributed by atoms with Gasteiger partial charge in [-0.2, -0.15) is 0 Å². The van der Waals surface area contributed by atoms with Gasteiger partial charge < -0.3 is 4.74 Å². The van der Waals surface area contributed by atoms with Crippen LogP contribution in [-0.2, 0) is 9.53 Å². The second kappa shape index (κ2) is 6.25. The van der Waals surface area contributed by atoms with E-state index in [0.29, 0.717) is 17.9 Å². The Hall–Kier alpha value is -0.570. The van der Waals surface area contributed by atoms with Crippen LogP contribution in [0.1, 0.15) is 65.2 Å². The van der Waals surface area contributed by atoms with Crippen LogP contribution in [0.3, 0.4) is 0 Å². The van der Waals surface area contributed by atoms with E-state index in [1.54, 1.807) is 0 Å². The highest BCUT2D eigenvalue weighted by Crippen LogP contribution is 2.44. The minimum atomic E-state index is -0.395. The Bertz CT molecular complexity index is 306. The van der Waals surface area contributed by atoms with E-state index in [9.17, 15) is 4.79 Å². The lowest BCUT2D eigenvalue weighted by atomic mass is 9.84. The van der Waals surface area contributed by atoms with Gasteiger partial charge in [-0.3, -0.25) is 10.1 Å². The third kappa shape index (κ3) is 3.50. The molecule has 2 fully saturated rings. The fourth-order valence-electron chi connectivity index (χ4n) is 3.43. The molecule has 0 heterocycles. The molecule has 2 aliphatic rings. The summed E-state index contributed by atoms with van der Waals surface area (Å²) in [4.78, 5) is 12.4. The van der Waals surface area contributed by atoms with Crippen LogP contribution in [-0.4, -0.2) is 24.7 Å². The summed E-state index contributed by atoms with van der Waals surface area (Å²) in [5.74, 6) is 1.11. The van der Waals surface area contributed by atoms with Gasteiger partial charge in [-0.05, 0) is 50.4 Å². The summed E-state index contributed by atoms with van der Waals surface area (Å²) in [7, 11) is 1.53. The molecule has 0 aliphatic heterocycles. The lowest BCUT2D eigenvalue weighted by Crippen LogP contribution is -2.57. The molecule has 1 atom stereocenters. The third-order valence-corrected chi connectivity index (χ3v) is 4.76. The van der Waals surface area contributed by atoms with Crippen molar-refractivity contribution in [3.63, 3.8) is 0 Å². The molecule has 0 bridgehead atoms. The third-order valence-electron chi connectivity index (χ3n) is 4.76. The van der Waals surface area contributed by atoms with Crippen LogP contribution < -0.4 is 5.32 Å². The van der Waals surface area contributed by atoms with Crippen molar-refractivity contribution >= 4 is 5.97 Å². The molecule has 2 aliphatic carbocycles. The molecule has 1 unspecified atom stereocenters. The van der Waals surface area contributed by atoms with Crippen molar-refractivity contribution in [3.8, 4) is 0 Å². The van der Waals surface area contributed by atoms with Gasteiger partial charge in [0.15, 0.2) is 0 Å². The van der Waals surface area contributed by atoms with E-state index in [-0.39, 0.29) is 5.97 Å². The highest BCUT2D eigenvalue weighted by atomic mass is 16.5. The quantitative estimate of drug-likeness (QED) is 0.719. The number of carbonyl (C=O) groups is 1. The predicted molar refractivity (Wildman–Crippen MR) is 76.9 cm³/mol. The topological polar surface area (TPSA) is 38.3 Å². The second-order valence-corrected chi connectivity index (χ2v) is 6.80. The second-order valence-electron chi connectivity index (χ2n) is 6.80. The Balaban J connectivity index is 2.10. The Kier molecular flexibility index (Phi) is 4.88. The fourth-order valence-corrected chi connectivity index (χ4v) is 3.43. The van der Waals surface area contributed by atoms with Crippen molar-refractivity contribution < 1.29 is 9.53 Å². The zero-order valence-electron chi connectivity index (χ0n) is 12.7. The van der Waals surface area contributed by atoms with Crippen molar-refractivity contribution in [3.05, 3.63) is 0 Å². The SMILES string of the molecule is COC(=O)C(CCC(C)C)(NC1CCCC1)C1CC1. The van der Waals surface area contributed by atoms with Crippen molar-refractivity contribution in [2.75, 3.05) is 7.11 Å². The molecule has 0 aromatic rings. The van der Waals surface area contributed by atoms with Crippen LogP contribution in [0.15, 0.2) is 0 Å². The Labute approximate surface area is 117 Å². The van der Waals surface area contributed by atoms with Gasteiger partial charge in [-0.25, -0.2) is 0 Å². The zero-order chi connectivity index (χ0) is 13.9. The summed E-state index contributed by atoms with van der Waals surface area (Å²) in [6, 6.07) is 0.520. The molecule has 3 heteroatoms. The molecule has 0 saturated heterocycles. The normalized spacial score (nSPS) is 23.6. The van der Waals surface area contributed by atoms with E-state index in [0.717, 1.165) is 12.8 Å². The van der Waals surface area contributed by atoms with Gasteiger partial charge in [0.25, 0.3) is 0 Å². The van der Waals surface area contributed by atoms with Crippen molar-refractivity contribution in [2.45, 2.75) is 76.8 Å². The predicted octanol–water partition coefficient (Wildman–Crippen LogP) is 3.28. The molecule has 0 spiro atoms. The Morgan fingerprint density at radius 3 is 2.37 bits per heavy atom. The number of esters is 1. The first-order valence-electron chi connectivity index (χ1n) is 7.94. The summed E-state index contributed by atoms with van der Waals surface area (Å²) in [5.41, 5.74) is -0.395. The molecular formula is C16H29NO2. The van der Waals surface area contributed by atoms with Gasteiger partial charge in [-0.15, -0.1) is 0 Å². The maximum Gasteiger partial charge on any atom is 0.326 e. The molecule has 0 aromatic heterocycles. The lowest BCUT2D eigenvalue weighted by Gasteiger charge is -2.36.